The van der Waals surface area contributed by atoms with Gasteiger partial charge in [0.15, 0.2) is 6.61 Å². The zero-order valence-corrected chi connectivity index (χ0v) is 14.5. The number of rotatable bonds is 6. The number of halogens is 1. The second-order valence-electron chi connectivity index (χ2n) is 6.33. The molecule has 0 bridgehead atoms. The Morgan fingerprint density at radius 2 is 1.89 bits per heavy atom. The van der Waals surface area contributed by atoms with Crippen molar-refractivity contribution in [2.75, 3.05) is 6.61 Å². The maximum Gasteiger partial charge on any atom is 0.321 e. The molecule has 2 aromatic rings. The standard InChI is InChI=1S/C19H19FN2O5/c20-14-6-4-13(5-7-14)19(8-2-9-19)17(24)27-12-16(23)22-18(25)21-11-15-3-1-10-26-15/h1,3-7,10H,2,8-9,11-12H2,(H2,21,22,23,25). The maximum absolute atomic E-state index is 13.1. The van der Waals surface area contributed by atoms with Gasteiger partial charge in [0, 0.05) is 0 Å². The second-order valence-corrected chi connectivity index (χ2v) is 6.33. The Labute approximate surface area is 154 Å². The third-order valence-electron chi connectivity index (χ3n) is 4.59. The van der Waals surface area contributed by atoms with Gasteiger partial charge in [-0.15, -0.1) is 0 Å². The molecule has 2 N–H and O–H groups in total. The van der Waals surface area contributed by atoms with E-state index in [9.17, 15) is 18.8 Å². The van der Waals surface area contributed by atoms with Crippen LogP contribution in [0.25, 0.3) is 0 Å². The Balaban J connectivity index is 1.48. The summed E-state index contributed by atoms with van der Waals surface area (Å²) in [5, 5.41) is 4.52. The molecule has 27 heavy (non-hydrogen) atoms. The summed E-state index contributed by atoms with van der Waals surface area (Å²) < 4.78 is 23.3. The molecule has 0 radical (unpaired) electrons. The molecule has 3 rings (SSSR count). The summed E-state index contributed by atoms with van der Waals surface area (Å²) >= 11 is 0. The molecule has 0 atom stereocenters. The van der Waals surface area contributed by atoms with E-state index in [1.807, 2.05) is 0 Å². The number of hydrogen-bond donors (Lipinski definition) is 2. The third kappa shape index (κ3) is 4.33. The minimum absolute atomic E-state index is 0.125. The van der Waals surface area contributed by atoms with Gasteiger partial charge in [-0.3, -0.25) is 14.9 Å². The van der Waals surface area contributed by atoms with Gasteiger partial charge in [-0.25, -0.2) is 9.18 Å². The van der Waals surface area contributed by atoms with E-state index in [1.54, 1.807) is 24.3 Å². The lowest BCUT2D eigenvalue weighted by molar-refractivity contribution is -0.157. The van der Waals surface area contributed by atoms with E-state index in [2.05, 4.69) is 10.6 Å². The molecular formula is C19H19FN2O5. The van der Waals surface area contributed by atoms with Crippen molar-refractivity contribution in [3.63, 3.8) is 0 Å². The van der Waals surface area contributed by atoms with Crippen molar-refractivity contribution in [3.8, 4) is 0 Å². The Morgan fingerprint density at radius 1 is 1.15 bits per heavy atom. The van der Waals surface area contributed by atoms with Gasteiger partial charge in [0.1, 0.15) is 11.6 Å². The highest BCUT2D eigenvalue weighted by Gasteiger charge is 2.47. The number of amides is 3. The fourth-order valence-corrected chi connectivity index (χ4v) is 2.97. The number of nitrogens with one attached hydrogen (secondary N) is 2. The number of imide groups is 1. The minimum atomic E-state index is -0.852. The van der Waals surface area contributed by atoms with Crippen molar-refractivity contribution >= 4 is 17.9 Å². The van der Waals surface area contributed by atoms with Crippen LogP contribution in [0.1, 0.15) is 30.6 Å². The highest BCUT2D eigenvalue weighted by molar-refractivity contribution is 5.96. The zero-order valence-electron chi connectivity index (χ0n) is 14.5. The molecule has 0 aliphatic heterocycles. The lowest BCUT2D eigenvalue weighted by atomic mass is 9.64. The van der Waals surface area contributed by atoms with Crippen LogP contribution in [-0.2, 0) is 26.3 Å². The molecule has 1 aromatic carbocycles. The molecule has 7 nitrogen and oxygen atoms in total. The van der Waals surface area contributed by atoms with Gasteiger partial charge in [-0.2, -0.15) is 0 Å². The Hall–Kier alpha value is -3.16. The molecule has 1 aliphatic rings. The van der Waals surface area contributed by atoms with Crippen molar-refractivity contribution in [1.82, 2.24) is 10.6 Å². The van der Waals surface area contributed by atoms with Gasteiger partial charge in [0.25, 0.3) is 5.91 Å². The molecule has 3 amide bonds. The summed E-state index contributed by atoms with van der Waals surface area (Å²) in [5.74, 6) is -1.14. The summed E-state index contributed by atoms with van der Waals surface area (Å²) in [6.07, 6.45) is 3.45. The molecule has 1 fully saturated rings. The molecule has 1 aliphatic carbocycles. The fourth-order valence-electron chi connectivity index (χ4n) is 2.97. The molecule has 0 unspecified atom stereocenters. The van der Waals surface area contributed by atoms with E-state index < -0.39 is 29.9 Å². The van der Waals surface area contributed by atoms with Crippen LogP contribution in [0.3, 0.4) is 0 Å². The topological polar surface area (TPSA) is 97.6 Å². The minimum Gasteiger partial charge on any atom is -0.467 e. The van der Waals surface area contributed by atoms with Crippen molar-refractivity contribution in [3.05, 3.63) is 59.8 Å². The molecule has 0 saturated heterocycles. The predicted molar refractivity (Wildman–Crippen MR) is 92.0 cm³/mol. The first-order chi connectivity index (χ1) is 13.0. The second kappa shape index (κ2) is 8.03. The third-order valence-corrected chi connectivity index (χ3v) is 4.59. The van der Waals surface area contributed by atoms with Crippen LogP contribution in [0, 0.1) is 5.82 Å². The van der Waals surface area contributed by atoms with Crippen LogP contribution in [0.4, 0.5) is 9.18 Å². The van der Waals surface area contributed by atoms with Crippen LogP contribution < -0.4 is 10.6 Å². The normalized spacial score (nSPS) is 14.7. The van der Waals surface area contributed by atoms with Crippen molar-refractivity contribution in [2.45, 2.75) is 31.2 Å². The van der Waals surface area contributed by atoms with Crippen LogP contribution >= 0.6 is 0 Å². The molecule has 1 saturated carbocycles. The highest BCUT2D eigenvalue weighted by Crippen LogP contribution is 2.44. The van der Waals surface area contributed by atoms with Gasteiger partial charge < -0.3 is 14.5 Å². The largest absolute Gasteiger partial charge is 0.467 e. The van der Waals surface area contributed by atoms with Crippen LogP contribution in [0.15, 0.2) is 47.1 Å². The zero-order chi connectivity index (χ0) is 19.3. The summed E-state index contributed by atoms with van der Waals surface area (Å²) in [6.45, 7) is -0.449. The van der Waals surface area contributed by atoms with Crippen LogP contribution in [0.5, 0.6) is 0 Å². The average molecular weight is 374 g/mol. The first-order valence-electron chi connectivity index (χ1n) is 8.53. The molecule has 0 spiro atoms. The molecular weight excluding hydrogens is 355 g/mol. The summed E-state index contributed by atoms with van der Waals surface area (Å²) in [5.41, 5.74) is -0.188. The first kappa shape index (κ1) is 18.6. The van der Waals surface area contributed by atoms with E-state index in [4.69, 9.17) is 9.15 Å². The SMILES string of the molecule is O=C(COC(=O)C1(c2ccc(F)cc2)CCC1)NC(=O)NCc1ccco1. The van der Waals surface area contributed by atoms with Crippen molar-refractivity contribution in [1.29, 1.82) is 0 Å². The Kier molecular flexibility index (Phi) is 5.54. The number of esters is 1. The number of carbonyl (C=O) groups is 3. The Morgan fingerprint density at radius 3 is 2.48 bits per heavy atom. The van der Waals surface area contributed by atoms with E-state index >= 15 is 0 Å². The van der Waals surface area contributed by atoms with Gasteiger partial charge in [-0.1, -0.05) is 18.6 Å². The van der Waals surface area contributed by atoms with Crippen molar-refractivity contribution in [2.24, 2.45) is 0 Å². The Bertz CT molecular complexity index is 813. The highest BCUT2D eigenvalue weighted by atomic mass is 19.1. The van der Waals surface area contributed by atoms with E-state index in [0.717, 1.165) is 6.42 Å². The monoisotopic (exact) mass is 374 g/mol. The molecule has 1 aromatic heterocycles. The van der Waals surface area contributed by atoms with Gasteiger partial charge in [0.2, 0.25) is 0 Å². The maximum atomic E-state index is 13.1. The summed E-state index contributed by atoms with van der Waals surface area (Å²) in [7, 11) is 0. The van der Waals surface area contributed by atoms with E-state index in [1.165, 1.54) is 18.4 Å². The number of ether oxygens (including phenoxy) is 1. The smallest absolute Gasteiger partial charge is 0.321 e. The molecule has 8 heteroatoms. The quantitative estimate of drug-likeness (QED) is 0.757. The first-order valence-corrected chi connectivity index (χ1v) is 8.53. The van der Waals surface area contributed by atoms with E-state index in [-0.39, 0.29) is 12.4 Å². The van der Waals surface area contributed by atoms with Gasteiger partial charge >= 0.3 is 12.0 Å². The number of carbonyl (C=O) groups excluding carboxylic acids is 3. The van der Waals surface area contributed by atoms with E-state index in [0.29, 0.717) is 24.2 Å². The lowest BCUT2D eigenvalue weighted by Gasteiger charge is -2.39. The number of urea groups is 1. The number of hydrogen-bond acceptors (Lipinski definition) is 5. The van der Waals surface area contributed by atoms with Gasteiger partial charge in [0.05, 0.1) is 18.2 Å². The lowest BCUT2D eigenvalue weighted by Crippen LogP contribution is -2.46. The fraction of sp³-hybridized carbons (Fsp3) is 0.316. The van der Waals surface area contributed by atoms with Crippen molar-refractivity contribution < 1.29 is 27.9 Å². The average Bonchev–Trinajstić information content (AvgIpc) is 3.12. The van der Waals surface area contributed by atoms with Crippen LogP contribution in [-0.4, -0.2) is 24.5 Å². The number of furan rings is 1. The molecule has 142 valence electrons. The van der Waals surface area contributed by atoms with Crippen LogP contribution in [0.2, 0.25) is 0 Å². The summed E-state index contributed by atoms with van der Waals surface area (Å²) in [4.78, 5) is 36.0. The predicted octanol–water partition coefficient (Wildman–Crippen LogP) is 2.41. The molecule has 1 heterocycles. The number of benzene rings is 1. The summed E-state index contributed by atoms with van der Waals surface area (Å²) in [6, 6.07) is 8.33. The van der Waals surface area contributed by atoms with Gasteiger partial charge in [-0.05, 0) is 42.7 Å².